The molecule has 2 rings (SSSR count). The van der Waals surface area contributed by atoms with Gasteiger partial charge in [0, 0.05) is 17.0 Å². The summed E-state index contributed by atoms with van der Waals surface area (Å²) < 4.78 is 5.41. The Kier molecular flexibility index (Phi) is 7.82. The maximum Gasteiger partial charge on any atom is 0.230 e. The Hall–Kier alpha value is -1.98. The molecule has 0 bridgehead atoms. The number of ether oxygens (including phenoxy) is 1. The molecular weight excluding hydrogens is 332 g/mol. The van der Waals surface area contributed by atoms with Crippen LogP contribution in [0.25, 0.3) is 0 Å². The van der Waals surface area contributed by atoms with Crippen molar-refractivity contribution in [3.63, 3.8) is 0 Å². The molecule has 0 atom stereocenters. The maximum atomic E-state index is 12.0. The van der Waals surface area contributed by atoms with Crippen molar-refractivity contribution in [2.45, 2.75) is 24.9 Å². The standard InChI is InChI=1S/C20H26N2O2S/c1-4-24-18-9-11-19(12-10-18)25-15-20(23)21-13-16-5-7-17(8-6-16)14-22(2)3/h5-12H,4,13-15H2,1-3H3,(H,21,23)/p+1. The van der Waals surface area contributed by atoms with E-state index < -0.39 is 0 Å². The zero-order chi connectivity index (χ0) is 18.1. The van der Waals surface area contributed by atoms with Crippen LogP contribution in [0, 0.1) is 0 Å². The fourth-order valence-corrected chi connectivity index (χ4v) is 3.11. The van der Waals surface area contributed by atoms with Crippen molar-refractivity contribution in [3.8, 4) is 5.75 Å². The Balaban J connectivity index is 1.73. The number of benzene rings is 2. The number of thioether (sulfide) groups is 1. The van der Waals surface area contributed by atoms with Crippen LogP contribution in [0.2, 0.25) is 0 Å². The lowest BCUT2D eigenvalue weighted by Gasteiger charge is -2.09. The number of quaternary nitrogens is 1. The van der Waals surface area contributed by atoms with Crippen molar-refractivity contribution in [1.29, 1.82) is 0 Å². The van der Waals surface area contributed by atoms with Gasteiger partial charge < -0.3 is 15.0 Å². The van der Waals surface area contributed by atoms with Crippen molar-refractivity contribution >= 4 is 17.7 Å². The minimum absolute atomic E-state index is 0.0423. The van der Waals surface area contributed by atoms with E-state index in [4.69, 9.17) is 4.74 Å². The number of rotatable bonds is 9. The molecule has 0 unspecified atom stereocenters. The Labute approximate surface area is 154 Å². The molecular formula is C20H27N2O2S+. The number of hydrogen-bond acceptors (Lipinski definition) is 3. The highest BCUT2D eigenvalue weighted by atomic mass is 32.2. The molecule has 0 saturated carbocycles. The molecule has 2 N–H and O–H groups in total. The van der Waals surface area contributed by atoms with Gasteiger partial charge in [-0.05, 0) is 36.8 Å². The Morgan fingerprint density at radius 2 is 1.68 bits per heavy atom. The topological polar surface area (TPSA) is 42.8 Å². The largest absolute Gasteiger partial charge is 0.494 e. The average Bonchev–Trinajstić information content (AvgIpc) is 2.60. The molecule has 0 radical (unpaired) electrons. The molecule has 0 aliphatic heterocycles. The first-order valence-electron chi connectivity index (χ1n) is 8.56. The van der Waals surface area contributed by atoms with E-state index >= 15 is 0 Å². The molecule has 2 aromatic rings. The molecule has 0 fully saturated rings. The monoisotopic (exact) mass is 359 g/mol. The fourth-order valence-electron chi connectivity index (χ4n) is 2.38. The number of amides is 1. The first kappa shape index (κ1) is 19.3. The van der Waals surface area contributed by atoms with Crippen molar-refractivity contribution in [2.24, 2.45) is 0 Å². The highest BCUT2D eigenvalue weighted by Gasteiger charge is 2.04. The van der Waals surface area contributed by atoms with Gasteiger partial charge in [0.05, 0.1) is 26.5 Å². The van der Waals surface area contributed by atoms with Crippen molar-refractivity contribution < 1.29 is 14.4 Å². The fraction of sp³-hybridized carbons (Fsp3) is 0.350. The molecule has 0 saturated heterocycles. The molecule has 25 heavy (non-hydrogen) atoms. The van der Waals surface area contributed by atoms with Gasteiger partial charge >= 0.3 is 0 Å². The number of carbonyl (C=O) groups is 1. The van der Waals surface area contributed by atoms with E-state index in [1.807, 2.05) is 31.2 Å². The summed E-state index contributed by atoms with van der Waals surface area (Å²) >= 11 is 1.53. The van der Waals surface area contributed by atoms with Gasteiger partial charge in [0.25, 0.3) is 0 Å². The summed E-state index contributed by atoms with van der Waals surface area (Å²) in [6.45, 7) is 4.19. The van der Waals surface area contributed by atoms with Crippen LogP contribution in [0.15, 0.2) is 53.4 Å². The SMILES string of the molecule is CCOc1ccc(SCC(=O)NCc2ccc(C[NH+](C)C)cc2)cc1. The quantitative estimate of drug-likeness (QED) is 0.674. The first-order chi connectivity index (χ1) is 12.1. The van der Waals surface area contributed by atoms with Crippen molar-refractivity contribution in [2.75, 3.05) is 26.5 Å². The molecule has 0 aliphatic rings. The summed E-state index contributed by atoms with van der Waals surface area (Å²) in [6, 6.07) is 16.2. The van der Waals surface area contributed by atoms with Gasteiger partial charge in [-0.2, -0.15) is 0 Å². The molecule has 4 nitrogen and oxygen atoms in total. The Bertz CT molecular complexity index is 654. The second-order valence-electron chi connectivity index (χ2n) is 6.17. The van der Waals surface area contributed by atoms with Crippen LogP contribution >= 0.6 is 11.8 Å². The highest BCUT2D eigenvalue weighted by molar-refractivity contribution is 8.00. The van der Waals surface area contributed by atoms with E-state index in [9.17, 15) is 4.79 Å². The lowest BCUT2D eigenvalue weighted by atomic mass is 10.1. The molecule has 2 aromatic carbocycles. The zero-order valence-corrected chi connectivity index (χ0v) is 16.0. The van der Waals surface area contributed by atoms with E-state index in [1.54, 1.807) is 0 Å². The van der Waals surface area contributed by atoms with Crippen LogP contribution < -0.4 is 15.0 Å². The summed E-state index contributed by atoms with van der Waals surface area (Å²) in [5, 5.41) is 2.97. The van der Waals surface area contributed by atoms with E-state index in [0.29, 0.717) is 18.9 Å². The lowest BCUT2D eigenvalue weighted by molar-refractivity contribution is -0.872. The van der Waals surface area contributed by atoms with Gasteiger partial charge in [0.1, 0.15) is 12.3 Å². The summed E-state index contributed by atoms with van der Waals surface area (Å²) in [6.07, 6.45) is 0. The van der Waals surface area contributed by atoms with Crippen LogP contribution in [0.4, 0.5) is 0 Å². The average molecular weight is 360 g/mol. The van der Waals surface area contributed by atoms with Crippen LogP contribution in [0.1, 0.15) is 18.1 Å². The van der Waals surface area contributed by atoms with Crippen LogP contribution in [0.5, 0.6) is 5.75 Å². The normalized spacial score (nSPS) is 10.7. The third-order valence-electron chi connectivity index (χ3n) is 3.57. The van der Waals surface area contributed by atoms with E-state index in [2.05, 4.69) is 43.7 Å². The number of hydrogen-bond donors (Lipinski definition) is 2. The minimum atomic E-state index is 0.0423. The molecule has 0 heterocycles. The third-order valence-corrected chi connectivity index (χ3v) is 4.59. The van der Waals surface area contributed by atoms with Crippen molar-refractivity contribution in [3.05, 3.63) is 59.7 Å². The molecule has 5 heteroatoms. The van der Waals surface area contributed by atoms with Gasteiger partial charge in [0.15, 0.2) is 0 Å². The molecule has 1 amide bonds. The first-order valence-corrected chi connectivity index (χ1v) is 9.54. The van der Waals surface area contributed by atoms with Gasteiger partial charge in [-0.1, -0.05) is 24.3 Å². The smallest absolute Gasteiger partial charge is 0.230 e. The van der Waals surface area contributed by atoms with Crippen LogP contribution in [0.3, 0.4) is 0 Å². The van der Waals surface area contributed by atoms with E-state index in [0.717, 1.165) is 22.8 Å². The molecule has 0 aromatic heterocycles. The third kappa shape index (κ3) is 7.20. The van der Waals surface area contributed by atoms with Gasteiger partial charge in [0.2, 0.25) is 5.91 Å². The number of carbonyl (C=O) groups excluding carboxylic acids is 1. The summed E-state index contributed by atoms with van der Waals surface area (Å²) in [4.78, 5) is 14.5. The van der Waals surface area contributed by atoms with Gasteiger partial charge in [-0.25, -0.2) is 0 Å². The van der Waals surface area contributed by atoms with Crippen molar-refractivity contribution in [1.82, 2.24) is 5.32 Å². The molecule has 0 aliphatic carbocycles. The second kappa shape index (κ2) is 10.1. The highest BCUT2D eigenvalue weighted by Crippen LogP contribution is 2.21. The summed E-state index contributed by atoms with van der Waals surface area (Å²) in [5.74, 6) is 1.31. The van der Waals surface area contributed by atoms with E-state index in [-0.39, 0.29) is 5.91 Å². The zero-order valence-electron chi connectivity index (χ0n) is 15.2. The molecule has 0 spiro atoms. The van der Waals surface area contributed by atoms with E-state index in [1.165, 1.54) is 22.2 Å². The predicted octanol–water partition coefficient (Wildman–Crippen LogP) is 2.14. The molecule has 134 valence electrons. The Morgan fingerprint density at radius 3 is 2.28 bits per heavy atom. The summed E-state index contributed by atoms with van der Waals surface area (Å²) in [5.41, 5.74) is 2.43. The maximum absolute atomic E-state index is 12.0. The van der Waals surface area contributed by atoms with Crippen LogP contribution in [-0.2, 0) is 17.9 Å². The van der Waals surface area contributed by atoms with Gasteiger partial charge in [-0.15, -0.1) is 11.8 Å². The second-order valence-corrected chi connectivity index (χ2v) is 7.22. The minimum Gasteiger partial charge on any atom is -0.494 e. The summed E-state index contributed by atoms with van der Waals surface area (Å²) in [7, 11) is 4.27. The predicted molar refractivity (Wildman–Crippen MR) is 103 cm³/mol. The number of nitrogens with one attached hydrogen (secondary N) is 2. The Morgan fingerprint density at radius 1 is 1.04 bits per heavy atom. The van der Waals surface area contributed by atoms with Gasteiger partial charge in [-0.3, -0.25) is 4.79 Å². The van der Waals surface area contributed by atoms with Crippen LogP contribution in [-0.4, -0.2) is 32.4 Å². The lowest BCUT2D eigenvalue weighted by Crippen LogP contribution is -3.04.